The number of nitrogens with zero attached hydrogens (tertiary/aromatic N) is 1. The normalized spacial score (nSPS) is 15.3. The van der Waals surface area contributed by atoms with Crippen LogP contribution in [0.4, 0.5) is 5.69 Å². The van der Waals surface area contributed by atoms with Crippen LogP contribution >= 0.6 is 15.9 Å². The topological polar surface area (TPSA) is 21.7 Å². The molecule has 0 bridgehead atoms. The van der Waals surface area contributed by atoms with Gasteiger partial charge in [-0.2, -0.15) is 0 Å². The maximum Gasteiger partial charge on any atom is 0.192 e. The fraction of sp³-hybridized carbons (Fsp3) is 0.417. The highest BCUT2D eigenvalue weighted by Crippen LogP contribution is 2.42. The summed E-state index contributed by atoms with van der Waals surface area (Å²) in [7, 11) is -1.89. The molecule has 3 nitrogen and oxygen atoms in total. The monoisotopic (exact) mass is 473 g/mol. The van der Waals surface area contributed by atoms with E-state index in [9.17, 15) is 0 Å². The lowest BCUT2D eigenvalue weighted by Crippen LogP contribution is -2.42. The summed E-state index contributed by atoms with van der Waals surface area (Å²) in [5, 5.41) is 2.93. The van der Waals surface area contributed by atoms with Crippen LogP contribution in [0, 0.1) is 0 Å². The molecule has 1 atom stereocenters. The zero-order chi connectivity index (χ0) is 21.1. The van der Waals surface area contributed by atoms with Crippen molar-refractivity contribution >= 4 is 36.0 Å². The van der Waals surface area contributed by atoms with Crippen molar-refractivity contribution in [2.75, 3.05) is 16.9 Å². The van der Waals surface area contributed by atoms with E-state index in [2.05, 4.69) is 92.3 Å². The molecule has 0 saturated carbocycles. The Labute approximate surface area is 184 Å². The summed E-state index contributed by atoms with van der Waals surface area (Å²) in [6.07, 6.45) is 4.39. The molecule has 0 unspecified atom stereocenters. The van der Waals surface area contributed by atoms with Crippen molar-refractivity contribution in [3.05, 3.63) is 71.3 Å². The first kappa shape index (κ1) is 22.3. The molecule has 0 fully saturated rings. The summed E-state index contributed by atoms with van der Waals surface area (Å²) in [5.74, 6) is 0. The van der Waals surface area contributed by atoms with E-state index in [-0.39, 0.29) is 11.1 Å². The van der Waals surface area contributed by atoms with E-state index in [0.717, 1.165) is 17.6 Å². The van der Waals surface area contributed by atoms with Crippen molar-refractivity contribution in [1.29, 1.82) is 0 Å². The maximum absolute atomic E-state index is 6.77. The Kier molecular flexibility index (Phi) is 7.05. The molecule has 0 N–H and O–H groups in total. The van der Waals surface area contributed by atoms with Gasteiger partial charge >= 0.3 is 0 Å². The van der Waals surface area contributed by atoms with Gasteiger partial charge in [0.15, 0.2) is 8.32 Å². The van der Waals surface area contributed by atoms with Crippen molar-refractivity contribution in [1.82, 2.24) is 0 Å². The largest absolute Gasteiger partial charge is 0.409 e. The van der Waals surface area contributed by atoms with Gasteiger partial charge in [-0.1, -0.05) is 91.3 Å². The minimum atomic E-state index is -1.89. The Bertz CT molecular complexity index is 846. The highest BCUT2D eigenvalue weighted by molar-refractivity contribution is 9.09. The predicted octanol–water partition coefficient (Wildman–Crippen LogP) is 7.11. The van der Waals surface area contributed by atoms with Crippen molar-refractivity contribution in [2.45, 2.75) is 51.6 Å². The second-order valence-corrected chi connectivity index (χ2v) is 14.4. The van der Waals surface area contributed by atoms with Gasteiger partial charge in [-0.3, -0.25) is 4.84 Å². The van der Waals surface area contributed by atoms with E-state index in [1.807, 2.05) is 23.3 Å². The summed E-state index contributed by atoms with van der Waals surface area (Å²) >= 11 is 3.70. The third-order valence-electron chi connectivity index (χ3n) is 5.90. The first-order chi connectivity index (χ1) is 13.7. The van der Waals surface area contributed by atoms with Crippen molar-refractivity contribution in [3.63, 3.8) is 0 Å². The fourth-order valence-corrected chi connectivity index (χ4v) is 5.17. The van der Waals surface area contributed by atoms with Crippen LogP contribution in [-0.2, 0) is 15.9 Å². The van der Waals surface area contributed by atoms with E-state index in [0.29, 0.717) is 6.61 Å². The molecule has 0 aliphatic carbocycles. The number of hydroxylamine groups is 1. The van der Waals surface area contributed by atoms with E-state index < -0.39 is 8.32 Å². The Balaban J connectivity index is 1.84. The van der Waals surface area contributed by atoms with Gasteiger partial charge in [-0.25, -0.2) is 5.06 Å². The van der Waals surface area contributed by atoms with E-state index in [1.54, 1.807) is 0 Å². The van der Waals surface area contributed by atoms with Gasteiger partial charge in [0.05, 0.1) is 24.9 Å². The molecule has 3 rings (SSSR count). The van der Waals surface area contributed by atoms with E-state index in [4.69, 9.17) is 9.26 Å². The molecule has 0 amide bonds. The molecule has 5 heteroatoms. The summed E-state index contributed by atoms with van der Waals surface area (Å²) < 4.78 is 6.77. The number of rotatable bonds is 7. The zero-order valence-electron chi connectivity index (χ0n) is 18.1. The minimum Gasteiger partial charge on any atom is -0.409 e. The number of benzene rings is 2. The second-order valence-electron chi connectivity index (χ2n) is 9.02. The van der Waals surface area contributed by atoms with Crippen molar-refractivity contribution in [3.8, 4) is 0 Å². The molecule has 2 aromatic carbocycles. The Morgan fingerprint density at radius 1 is 1.07 bits per heavy atom. The molecule has 0 saturated heterocycles. The first-order valence-electron chi connectivity index (χ1n) is 10.2. The molecule has 156 valence electrons. The van der Waals surface area contributed by atoms with Gasteiger partial charge in [0.25, 0.3) is 0 Å². The Morgan fingerprint density at radius 3 is 2.45 bits per heavy atom. The molecular formula is C24H32BrNO2Si. The third kappa shape index (κ3) is 5.21. The van der Waals surface area contributed by atoms with Crippen LogP contribution in [0.2, 0.25) is 18.1 Å². The van der Waals surface area contributed by atoms with Gasteiger partial charge in [-0.15, -0.1) is 0 Å². The Hall–Kier alpha value is -1.40. The van der Waals surface area contributed by atoms with Crippen LogP contribution in [-0.4, -0.2) is 20.2 Å². The highest BCUT2D eigenvalue weighted by atomic mass is 79.9. The van der Waals surface area contributed by atoms with Crippen LogP contribution in [0.1, 0.15) is 43.6 Å². The summed E-state index contributed by atoms with van der Waals surface area (Å²) in [6, 6.07) is 16.7. The molecule has 29 heavy (non-hydrogen) atoms. The summed E-state index contributed by atoms with van der Waals surface area (Å²) in [6.45, 7) is 12.8. The SMILES string of the molecule is CC(C)(C)[Si](C)(C)O[C@@H](CBr)c1cccc2c1C=CCN2OCc1ccccc1. The average molecular weight is 475 g/mol. The van der Waals surface area contributed by atoms with E-state index >= 15 is 0 Å². The number of alkyl halides is 1. The van der Waals surface area contributed by atoms with Crippen LogP contribution in [0.3, 0.4) is 0 Å². The molecule has 1 heterocycles. The zero-order valence-corrected chi connectivity index (χ0v) is 20.7. The van der Waals surface area contributed by atoms with Crippen molar-refractivity contribution in [2.24, 2.45) is 0 Å². The summed E-state index contributed by atoms with van der Waals surface area (Å²) in [4.78, 5) is 6.16. The number of hydrogen-bond acceptors (Lipinski definition) is 3. The van der Waals surface area contributed by atoms with Gasteiger partial charge in [0.1, 0.15) is 0 Å². The third-order valence-corrected chi connectivity index (χ3v) is 11.0. The van der Waals surface area contributed by atoms with Crippen LogP contribution < -0.4 is 5.06 Å². The van der Waals surface area contributed by atoms with Crippen LogP contribution in [0.15, 0.2) is 54.6 Å². The molecule has 0 aromatic heterocycles. The number of fused-ring (bicyclic) bond motifs is 1. The second kappa shape index (κ2) is 9.17. The quantitative estimate of drug-likeness (QED) is 0.315. The molecular weight excluding hydrogens is 442 g/mol. The standard InChI is InChI=1S/C24H32BrNO2Si/c1-24(2,3)29(4,5)28-23(17-25)21-13-9-15-22-20(21)14-10-16-26(22)27-18-19-11-7-6-8-12-19/h6-15,23H,16-18H2,1-5H3/t23-/m0/s1. The van der Waals surface area contributed by atoms with Crippen LogP contribution in [0.5, 0.6) is 0 Å². The lowest BCUT2D eigenvalue weighted by molar-refractivity contribution is 0.0998. The lowest BCUT2D eigenvalue weighted by atomic mass is 9.99. The molecule has 1 aliphatic rings. The number of anilines is 1. The minimum absolute atomic E-state index is 0.0181. The molecule has 2 aromatic rings. The highest BCUT2D eigenvalue weighted by Gasteiger charge is 2.39. The first-order valence-corrected chi connectivity index (χ1v) is 14.2. The van der Waals surface area contributed by atoms with Gasteiger partial charge in [-0.05, 0) is 35.3 Å². The number of hydrogen-bond donors (Lipinski definition) is 0. The Morgan fingerprint density at radius 2 is 1.79 bits per heavy atom. The molecule has 0 radical (unpaired) electrons. The van der Waals surface area contributed by atoms with E-state index in [1.165, 1.54) is 16.7 Å². The molecule has 0 spiro atoms. The molecule has 1 aliphatic heterocycles. The smallest absolute Gasteiger partial charge is 0.192 e. The van der Waals surface area contributed by atoms with Gasteiger partial charge in [0, 0.05) is 10.9 Å². The van der Waals surface area contributed by atoms with Crippen LogP contribution in [0.25, 0.3) is 6.08 Å². The van der Waals surface area contributed by atoms with Gasteiger partial charge < -0.3 is 4.43 Å². The van der Waals surface area contributed by atoms with Gasteiger partial charge in [0.2, 0.25) is 0 Å². The predicted molar refractivity (Wildman–Crippen MR) is 129 cm³/mol. The number of halogens is 1. The van der Waals surface area contributed by atoms with Crippen molar-refractivity contribution < 1.29 is 9.26 Å². The summed E-state index contributed by atoms with van der Waals surface area (Å²) in [5.41, 5.74) is 4.67. The maximum atomic E-state index is 6.77. The average Bonchev–Trinajstić information content (AvgIpc) is 2.70. The lowest BCUT2D eigenvalue weighted by Gasteiger charge is -2.39. The fourth-order valence-electron chi connectivity index (χ4n) is 3.17.